The number of rotatable bonds is 3. The smallest absolute Gasteiger partial charge is 0.409 e. The van der Waals surface area contributed by atoms with Crippen LogP contribution in [-0.4, -0.2) is 22.5 Å². The van der Waals surface area contributed by atoms with Crippen LogP contribution >= 0.6 is 0 Å². The maximum atomic E-state index is 12.4. The number of carbonyl (C=O) groups is 1. The number of fused-ring (bicyclic) bond motifs is 5. The quantitative estimate of drug-likeness (QED) is 0.462. The Morgan fingerprint density at radius 1 is 1.03 bits per heavy atom. The summed E-state index contributed by atoms with van der Waals surface area (Å²) in [4.78, 5) is 12.4. The molecule has 0 unspecified atom stereocenters. The van der Waals surface area contributed by atoms with Gasteiger partial charge in [0.15, 0.2) is 0 Å². The van der Waals surface area contributed by atoms with Crippen molar-refractivity contribution in [1.29, 1.82) is 0 Å². The zero-order chi connectivity index (χ0) is 23.5. The van der Waals surface area contributed by atoms with Crippen molar-refractivity contribution in [2.24, 2.45) is 46.3 Å². The fourth-order valence-electron chi connectivity index (χ4n) is 9.11. The number of hydrogen-bond donors (Lipinski definition) is 2. The van der Waals surface area contributed by atoms with Crippen molar-refractivity contribution in [1.82, 2.24) is 5.32 Å². The van der Waals surface area contributed by atoms with Crippen LogP contribution in [0.1, 0.15) is 113 Å². The zero-order valence-corrected chi connectivity index (χ0v) is 21.8. The summed E-state index contributed by atoms with van der Waals surface area (Å²) in [7, 11) is 0. The minimum absolute atomic E-state index is 0.292. The normalized spacial score (nSPS) is 47.1. The molecule has 0 aromatic carbocycles. The molecule has 2 N–H and O–H groups in total. The predicted molar refractivity (Wildman–Crippen MR) is 129 cm³/mol. The van der Waals surface area contributed by atoms with Gasteiger partial charge >= 0.3 is 6.09 Å². The minimum atomic E-state index is -1.13. The minimum Gasteiger partial charge on any atom is -0.444 e. The largest absolute Gasteiger partial charge is 0.444 e. The lowest BCUT2D eigenvalue weighted by molar-refractivity contribution is -0.158. The summed E-state index contributed by atoms with van der Waals surface area (Å²) in [6.07, 6.45) is 11.2. The van der Waals surface area contributed by atoms with Gasteiger partial charge in [0.25, 0.3) is 0 Å². The molecule has 0 aliphatic heterocycles. The standard InChI is InChI=1S/C28H49NO3/c1-8-18(2)21-11-12-22-20-10-9-19-17-28(31,29-24(30)32-25(3,4)5)16-15-26(19,6)23(20)13-14-27(21,22)7/h18-23,31H,8-17H2,1-7H3,(H,29,30)/t18-,19-,20+,21-,22+,23+,26+,27-,28-/m1/s1. The van der Waals surface area contributed by atoms with Crippen LogP contribution in [0.3, 0.4) is 0 Å². The number of nitrogens with one attached hydrogen (secondary N) is 1. The molecule has 0 aromatic heterocycles. The molecular weight excluding hydrogens is 398 g/mol. The maximum Gasteiger partial charge on any atom is 0.409 e. The van der Waals surface area contributed by atoms with Gasteiger partial charge in [-0.05, 0) is 125 Å². The highest BCUT2D eigenvalue weighted by molar-refractivity contribution is 5.68. The third-order valence-electron chi connectivity index (χ3n) is 10.9. The van der Waals surface area contributed by atoms with Crippen LogP contribution in [-0.2, 0) is 4.74 Å². The van der Waals surface area contributed by atoms with E-state index in [2.05, 4.69) is 33.0 Å². The Bertz CT molecular complexity index is 716. The van der Waals surface area contributed by atoms with Crippen molar-refractivity contribution in [2.45, 2.75) is 124 Å². The lowest BCUT2D eigenvalue weighted by Gasteiger charge is -2.62. The molecule has 0 heterocycles. The molecule has 4 saturated carbocycles. The van der Waals surface area contributed by atoms with Crippen molar-refractivity contribution in [2.75, 3.05) is 0 Å². The first kappa shape index (κ1) is 24.4. The molecule has 0 bridgehead atoms. The van der Waals surface area contributed by atoms with Crippen molar-refractivity contribution < 1.29 is 14.6 Å². The van der Waals surface area contributed by atoms with E-state index in [4.69, 9.17) is 4.74 Å². The summed E-state index contributed by atoms with van der Waals surface area (Å²) in [5, 5.41) is 14.1. The van der Waals surface area contributed by atoms with E-state index in [-0.39, 0.29) is 0 Å². The van der Waals surface area contributed by atoms with Gasteiger partial charge in [-0.25, -0.2) is 4.79 Å². The molecule has 0 saturated heterocycles. The highest BCUT2D eigenvalue weighted by Gasteiger charge is 2.61. The van der Waals surface area contributed by atoms with Crippen LogP contribution in [0.25, 0.3) is 0 Å². The fraction of sp³-hybridized carbons (Fsp3) is 0.964. The molecule has 4 nitrogen and oxygen atoms in total. The van der Waals surface area contributed by atoms with Gasteiger partial charge < -0.3 is 9.84 Å². The monoisotopic (exact) mass is 447 g/mol. The number of hydrogen-bond acceptors (Lipinski definition) is 3. The molecule has 4 heteroatoms. The number of alkyl carbamates (subject to hydrolysis) is 1. The third-order valence-corrected chi connectivity index (χ3v) is 10.9. The fourth-order valence-corrected chi connectivity index (χ4v) is 9.11. The van der Waals surface area contributed by atoms with Crippen molar-refractivity contribution in [3.8, 4) is 0 Å². The lowest BCUT2D eigenvalue weighted by atomic mass is 9.44. The Kier molecular flexibility index (Phi) is 6.22. The van der Waals surface area contributed by atoms with Crippen LogP contribution < -0.4 is 5.32 Å². The molecule has 32 heavy (non-hydrogen) atoms. The first-order valence-corrected chi connectivity index (χ1v) is 13.5. The van der Waals surface area contributed by atoms with Gasteiger partial charge in [0.05, 0.1) is 0 Å². The van der Waals surface area contributed by atoms with Crippen molar-refractivity contribution >= 4 is 6.09 Å². The van der Waals surface area contributed by atoms with Gasteiger partial charge in [0, 0.05) is 0 Å². The Morgan fingerprint density at radius 2 is 1.72 bits per heavy atom. The molecule has 4 aliphatic rings. The summed E-state index contributed by atoms with van der Waals surface area (Å²) < 4.78 is 5.44. The predicted octanol–water partition coefficient (Wildman–Crippen LogP) is 6.90. The van der Waals surface area contributed by atoms with Crippen LogP contribution in [0.15, 0.2) is 0 Å². The van der Waals surface area contributed by atoms with E-state index in [0.717, 1.165) is 36.0 Å². The van der Waals surface area contributed by atoms with Gasteiger partial charge in [-0.1, -0.05) is 34.1 Å². The molecule has 4 rings (SSSR count). The van der Waals surface area contributed by atoms with Crippen LogP contribution in [0.2, 0.25) is 0 Å². The highest BCUT2D eigenvalue weighted by Crippen LogP contribution is 2.68. The van der Waals surface area contributed by atoms with Crippen LogP contribution in [0.4, 0.5) is 4.79 Å². The first-order chi connectivity index (χ1) is 14.8. The lowest BCUT2D eigenvalue weighted by Crippen LogP contribution is -2.60. The third kappa shape index (κ3) is 4.12. The summed E-state index contributed by atoms with van der Waals surface area (Å²) >= 11 is 0. The van der Waals surface area contributed by atoms with Crippen LogP contribution in [0.5, 0.6) is 0 Å². The molecule has 4 aliphatic carbocycles. The second-order valence-corrected chi connectivity index (χ2v) is 13.6. The number of amides is 1. The molecule has 0 aromatic rings. The van der Waals surface area contributed by atoms with Gasteiger partial charge in [0.1, 0.15) is 11.3 Å². The van der Waals surface area contributed by atoms with Gasteiger partial charge in [-0.2, -0.15) is 0 Å². The average molecular weight is 448 g/mol. The second kappa shape index (κ2) is 8.17. The maximum absolute atomic E-state index is 12.4. The van der Waals surface area contributed by atoms with E-state index in [9.17, 15) is 9.90 Å². The number of aliphatic hydroxyl groups is 1. The topological polar surface area (TPSA) is 58.6 Å². The molecule has 1 amide bonds. The van der Waals surface area contributed by atoms with Gasteiger partial charge in [-0.3, -0.25) is 5.32 Å². The van der Waals surface area contributed by atoms with E-state index < -0.39 is 17.4 Å². The number of carbonyl (C=O) groups excluding carboxylic acids is 1. The average Bonchev–Trinajstić information content (AvgIpc) is 3.03. The highest BCUT2D eigenvalue weighted by atomic mass is 16.6. The van der Waals surface area contributed by atoms with Gasteiger partial charge in [0.2, 0.25) is 0 Å². The molecule has 0 radical (unpaired) electrons. The van der Waals surface area contributed by atoms with E-state index in [1.54, 1.807) is 0 Å². The Hall–Kier alpha value is -0.770. The Balaban J connectivity index is 1.47. The Morgan fingerprint density at radius 3 is 2.38 bits per heavy atom. The van der Waals surface area contributed by atoms with E-state index in [0.29, 0.717) is 29.6 Å². The van der Waals surface area contributed by atoms with Gasteiger partial charge in [-0.15, -0.1) is 0 Å². The molecule has 9 atom stereocenters. The van der Waals surface area contributed by atoms with E-state index in [1.807, 2.05) is 20.8 Å². The summed E-state index contributed by atoms with van der Waals surface area (Å²) in [6, 6.07) is 0. The van der Waals surface area contributed by atoms with Crippen molar-refractivity contribution in [3.63, 3.8) is 0 Å². The molecule has 0 spiro atoms. The summed E-state index contributed by atoms with van der Waals surface area (Å²) in [6.45, 7) is 15.6. The summed E-state index contributed by atoms with van der Waals surface area (Å²) in [5.41, 5.74) is -0.851. The van der Waals surface area contributed by atoms with E-state index in [1.165, 1.54) is 44.9 Å². The Labute approximate surface area is 196 Å². The summed E-state index contributed by atoms with van der Waals surface area (Å²) in [5.74, 6) is 4.75. The molecule has 4 fully saturated rings. The second-order valence-electron chi connectivity index (χ2n) is 13.6. The SMILES string of the molecule is CC[C@@H](C)[C@H]1CC[C@H]2[C@@H]3CC[C@@H]4C[C@@](O)(NC(=O)OC(C)(C)C)CC[C@]4(C)[C@H]3CC[C@]12C. The van der Waals surface area contributed by atoms with Crippen molar-refractivity contribution in [3.05, 3.63) is 0 Å². The first-order valence-electron chi connectivity index (χ1n) is 13.5. The molecular formula is C28H49NO3. The zero-order valence-electron chi connectivity index (χ0n) is 21.8. The number of ether oxygens (including phenoxy) is 1. The molecule has 184 valence electrons. The van der Waals surface area contributed by atoms with E-state index >= 15 is 0 Å². The van der Waals surface area contributed by atoms with Crippen LogP contribution in [0, 0.1) is 46.3 Å².